The molecule has 0 aliphatic rings. The first-order valence-electron chi connectivity index (χ1n) is 6.27. The van der Waals surface area contributed by atoms with Gasteiger partial charge in [0.2, 0.25) is 0 Å². The Morgan fingerprint density at radius 2 is 2.05 bits per heavy atom. The Kier molecular flexibility index (Phi) is 4.82. The van der Waals surface area contributed by atoms with Crippen molar-refractivity contribution in [2.75, 3.05) is 20.8 Å². The SMILES string of the molecule is CCNC(c1ccsc1)c1ccc(OC)cc1OC. The van der Waals surface area contributed by atoms with Crippen molar-refractivity contribution in [2.45, 2.75) is 13.0 Å². The number of hydrogen-bond acceptors (Lipinski definition) is 4. The van der Waals surface area contributed by atoms with Crippen molar-refractivity contribution >= 4 is 11.3 Å². The van der Waals surface area contributed by atoms with Gasteiger partial charge in [0.05, 0.1) is 20.3 Å². The topological polar surface area (TPSA) is 30.5 Å². The standard InChI is InChI=1S/C15H19NO2S/c1-4-16-15(11-7-8-19-10-11)13-6-5-12(17-2)9-14(13)18-3/h5-10,15-16H,4H2,1-3H3. The first-order valence-corrected chi connectivity index (χ1v) is 7.21. The van der Waals surface area contributed by atoms with Crippen LogP contribution in [0.4, 0.5) is 0 Å². The van der Waals surface area contributed by atoms with Gasteiger partial charge in [0.1, 0.15) is 11.5 Å². The normalized spacial score (nSPS) is 12.2. The van der Waals surface area contributed by atoms with Crippen molar-refractivity contribution in [2.24, 2.45) is 0 Å². The minimum atomic E-state index is 0.150. The highest BCUT2D eigenvalue weighted by Gasteiger charge is 2.18. The third kappa shape index (κ3) is 3.08. The Morgan fingerprint density at radius 3 is 2.63 bits per heavy atom. The van der Waals surface area contributed by atoms with Crippen molar-refractivity contribution < 1.29 is 9.47 Å². The lowest BCUT2D eigenvalue weighted by molar-refractivity contribution is 0.387. The van der Waals surface area contributed by atoms with Crippen LogP contribution in [0.15, 0.2) is 35.0 Å². The zero-order chi connectivity index (χ0) is 13.7. The molecule has 1 atom stereocenters. The Morgan fingerprint density at radius 1 is 1.21 bits per heavy atom. The second-order valence-electron chi connectivity index (χ2n) is 4.16. The summed E-state index contributed by atoms with van der Waals surface area (Å²) in [6, 6.07) is 8.24. The molecule has 1 unspecified atom stereocenters. The molecular formula is C15H19NO2S. The van der Waals surface area contributed by atoms with E-state index in [1.54, 1.807) is 25.6 Å². The Balaban J connectivity index is 2.41. The number of benzene rings is 1. The summed E-state index contributed by atoms with van der Waals surface area (Å²) in [5.41, 5.74) is 2.39. The van der Waals surface area contributed by atoms with Crippen molar-refractivity contribution in [1.29, 1.82) is 0 Å². The number of methoxy groups -OCH3 is 2. The second-order valence-corrected chi connectivity index (χ2v) is 4.94. The summed E-state index contributed by atoms with van der Waals surface area (Å²) in [5, 5.41) is 7.76. The molecule has 2 rings (SSSR count). The van der Waals surface area contributed by atoms with Crippen molar-refractivity contribution in [3.05, 3.63) is 46.2 Å². The molecule has 0 spiro atoms. The molecule has 0 saturated heterocycles. The molecule has 1 N–H and O–H groups in total. The van der Waals surface area contributed by atoms with E-state index in [1.807, 2.05) is 12.1 Å². The highest BCUT2D eigenvalue weighted by Crippen LogP contribution is 2.33. The van der Waals surface area contributed by atoms with Crippen LogP contribution in [0.3, 0.4) is 0 Å². The van der Waals surface area contributed by atoms with E-state index in [1.165, 1.54) is 5.56 Å². The van der Waals surface area contributed by atoms with Gasteiger partial charge in [-0.1, -0.05) is 6.92 Å². The summed E-state index contributed by atoms with van der Waals surface area (Å²) in [4.78, 5) is 0. The third-order valence-electron chi connectivity index (χ3n) is 3.04. The molecule has 4 heteroatoms. The molecule has 0 aliphatic carbocycles. The lowest BCUT2D eigenvalue weighted by Crippen LogP contribution is -2.22. The van der Waals surface area contributed by atoms with E-state index in [-0.39, 0.29) is 6.04 Å². The number of nitrogens with one attached hydrogen (secondary N) is 1. The summed E-state index contributed by atoms with van der Waals surface area (Å²) in [5.74, 6) is 1.65. The second kappa shape index (κ2) is 6.59. The molecule has 0 fully saturated rings. The molecule has 1 heterocycles. The maximum atomic E-state index is 5.50. The fourth-order valence-electron chi connectivity index (χ4n) is 2.11. The van der Waals surface area contributed by atoms with Gasteiger partial charge in [0, 0.05) is 11.6 Å². The van der Waals surface area contributed by atoms with Gasteiger partial charge < -0.3 is 14.8 Å². The maximum absolute atomic E-state index is 5.50. The summed E-state index contributed by atoms with van der Waals surface area (Å²) in [6.45, 7) is 3.01. The molecule has 1 aromatic heterocycles. The van der Waals surface area contributed by atoms with Crippen molar-refractivity contribution in [1.82, 2.24) is 5.32 Å². The number of rotatable bonds is 6. The number of thiophene rings is 1. The lowest BCUT2D eigenvalue weighted by atomic mass is 10.00. The Bertz CT molecular complexity index is 511. The van der Waals surface area contributed by atoms with E-state index in [4.69, 9.17) is 9.47 Å². The van der Waals surface area contributed by atoms with E-state index in [9.17, 15) is 0 Å². The van der Waals surface area contributed by atoms with E-state index >= 15 is 0 Å². The summed E-state index contributed by atoms with van der Waals surface area (Å²) >= 11 is 1.70. The summed E-state index contributed by atoms with van der Waals surface area (Å²) < 4.78 is 10.7. The summed E-state index contributed by atoms with van der Waals surface area (Å²) in [7, 11) is 3.35. The molecule has 102 valence electrons. The van der Waals surface area contributed by atoms with Gasteiger partial charge in [0.25, 0.3) is 0 Å². The van der Waals surface area contributed by atoms with Gasteiger partial charge in [-0.2, -0.15) is 11.3 Å². The van der Waals surface area contributed by atoms with E-state index in [0.717, 1.165) is 23.6 Å². The summed E-state index contributed by atoms with van der Waals surface area (Å²) in [6.07, 6.45) is 0. The monoisotopic (exact) mass is 277 g/mol. The number of ether oxygens (including phenoxy) is 2. The minimum Gasteiger partial charge on any atom is -0.497 e. The fourth-order valence-corrected chi connectivity index (χ4v) is 2.79. The average Bonchev–Trinajstić information content (AvgIpc) is 2.98. The van der Waals surface area contributed by atoms with Crippen LogP contribution in [-0.2, 0) is 0 Å². The van der Waals surface area contributed by atoms with Gasteiger partial charge in [-0.3, -0.25) is 0 Å². The molecule has 0 radical (unpaired) electrons. The molecular weight excluding hydrogens is 258 g/mol. The van der Waals surface area contributed by atoms with Crippen LogP contribution in [-0.4, -0.2) is 20.8 Å². The number of hydrogen-bond donors (Lipinski definition) is 1. The maximum Gasteiger partial charge on any atom is 0.127 e. The molecule has 0 amide bonds. The fraction of sp³-hybridized carbons (Fsp3) is 0.333. The predicted molar refractivity (Wildman–Crippen MR) is 79.4 cm³/mol. The molecule has 1 aromatic carbocycles. The van der Waals surface area contributed by atoms with Crippen LogP contribution in [0, 0.1) is 0 Å². The van der Waals surface area contributed by atoms with Crippen molar-refractivity contribution in [3.63, 3.8) is 0 Å². The lowest BCUT2D eigenvalue weighted by Gasteiger charge is -2.20. The minimum absolute atomic E-state index is 0.150. The largest absolute Gasteiger partial charge is 0.497 e. The molecule has 0 saturated carbocycles. The van der Waals surface area contributed by atoms with Crippen LogP contribution in [0.25, 0.3) is 0 Å². The van der Waals surface area contributed by atoms with E-state index in [2.05, 4.69) is 35.1 Å². The van der Waals surface area contributed by atoms with E-state index in [0.29, 0.717) is 0 Å². The van der Waals surface area contributed by atoms with Gasteiger partial charge in [0.15, 0.2) is 0 Å². The first-order chi connectivity index (χ1) is 9.30. The predicted octanol–water partition coefficient (Wildman–Crippen LogP) is 3.46. The van der Waals surface area contributed by atoms with Crippen LogP contribution >= 0.6 is 11.3 Å². The highest BCUT2D eigenvalue weighted by molar-refractivity contribution is 7.08. The zero-order valence-electron chi connectivity index (χ0n) is 11.5. The molecule has 19 heavy (non-hydrogen) atoms. The Hall–Kier alpha value is -1.52. The van der Waals surface area contributed by atoms with Crippen LogP contribution in [0.1, 0.15) is 24.1 Å². The third-order valence-corrected chi connectivity index (χ3v) is 3.74. The quantitative estimate of drug-likeness (QED) is 0.877. The molecule has 3 nitrogen and oxygen atoms in total. The molecule has 0 bridgehead atoms. The highest BCUT2D eigenvalue weighted by atomic mass is 32.1. The van der Waals surface area contributed by atoms with Crippen LogP contribution in [0.5, 0.6) is 11.5 Å². The zero-order valence-corrected chi connectivity index (χ0v) is 12.3. The van der Waals surface area contributed by atoms with Gasteiger partial charge in [-0.05, 0) is 41.1 Å². The molecule has 0 aliphatic heterocycles. The van der Waals surface area contributed by atoms with Gasteiger partial charge in [-0.15, -0.1) is 0 Å². The van der Waals surface area contributed by atoms with Gasteiger partial charge in [-0.25, -0.2) is 0 Å². The van der Waals surface area contributed by atoms with Gasteiger partial charge >= 0.3 is 0 Å². The van der Waals surface area contributed by atoms with Crippen LogP contribution in [0.2, 0.25) is 0 Å². The first kappa shape index (κ1) is 13.9. The van der Waals surface area contributed by atoms with Crippen LogP contribution < -0.4 is 14.8 Å². The van der Waals surface area contributed by atoms with Crippen molar-refractivity contribution in [3.8, 4) is 11.5 Å². The Labute approximate surface area is 118 Å². The molecule has 2 aromatic rings. The average molecular weight is 277 g/mol. The van der Waals surface area contributed by atoms with E-state index < -0.39 is 0 Å². The smallest absolute Gasteiger partial charge is 0.127 e.